The fourth-order valence-electron chi connectivity index (χ4n) is 11.8. The molecule has 1 nitrogen and oxygen atoms in total. The maximum absolute atomic E-state index is 2.51. The van der Waals surface area contributed by atoms with E-state index in [0.717, 1.165) is 17.1 Å². The Kier molecular flexibility index (Phi) is 8.63. The zero-order valence-corrected chi connectivity index (χ0v) is 36.7. The van der Waals surface area contributed by atoms with Crippen LogP contribution in [0.25, 0.3) is 54.9 Å². The van der Waals surface area contributed by atoms with Crippen LogP contribution >= 0.6 is 0 Å². The number of rotatable bonds is 7. The van der Waals surface area contributed by atoms with E-state index in [2.05, 4.69) is 267 Å². The van der Waals surface area contributed by atoms with Gasteiger partial charge in [-0.15, -0.1) is 0 Å². The van der Waals surface area contributed by atoms with E-state index in [4.69, 9.17) is 0 Å². The van der Waals surface area contributed by atoms with E-state index < -0.39 is 10.8 Å². The molecule has 1 unspecified atom stereocenters. The van der Waals surface area contributed by atoms with Crippen LogP contribution in [0.5, 0.6) is 0 Å². The van der Waals surface area contributed by atoms with E-state index in [-0.39, 0.29) is 0 Å². The van der Waals surface area contributed by atoms with Crippen molar-refractivity contribution < 1.29 is 0 Å². The molecule has 11 aromatic carbocycles. The highest BCUT2D eigenvalue weighted by Crippen LogP contribution is 2.59. The molecule has 0 amide bonds. The van der Waals surface area contributed by atoms with Crippen molar-refractivity contribution in [2.45, 2.75) is 17.8 Å². The second kappa shape index (κ2) is 14.9. The molecule has 0 saturated carbocycles. The molecule has 0 fully saturated rings. The number of hydrogen-bond donors (Lipinski definition) is 0. The van der Waals surface area contributed by atoms with Crippen LogP contribution in [0, 0.1) is 0 Å². The van der Waals surface area contributed by atoms with Crippen LogP contribution in [0.15, 0.2) is 255 Å². The molecule has 0 saturated heterocycles. The Labute approximate surface area is 386 Å². The summed E-state index contributed by atoms with van der Waals surface area (Å²) in [6.07, 6.45) is 0. The number of hydrogen-bond acceptors (Lipinski definition) is 1. The molecule has 2 aliphatic carbocycles. The van der Waals surface area contributed by atoms with E-state index in [1.807, 2.05) is 0 Å². The first-order chi connectivity index (χ1) is 32.6. The molecule has 13 rings (SSSR count). The van der Waals surface area contributed by atoms with Crippen molar-refractivity contribution >= 4 is 38.6 Å². The van der Waals surface area contributed by atoms with Crippen LogP contribution in [-0.2, 0) is 10.8 Å². The minimum absolute atomic E-state index is 0.407. The van der Waals surface area contributed by atoms with E-state index in [0.29, 0.717) is 0 Å². The van der Waals surface area contributed by atoms with Gasteiger partial charge in [0.25, 0.3) is 0 Å². The smallest absolute Gasteiger partial charge is 0.0714 e. The van der Waals surface area contributed by atoms with Crippen LogP contribution < -0.4 is 4.90 Å². The first-order valence-electron chi connectivity index (χ1n) is 23.1. The Morgan fingerprint density at radius 3 is 1.53 bits per heavy atom. The third-order valence-corrected chi connectivity index (χ3v) is 14.8. The molecular formula is C65H45N. The van der Waals surface area contributed by atoms with E-state index in [9.17, 15) is 0 Å². The van der Waals surface area contributed by atoms with Crippen molar-refractivity contribution in [1.29, 1.82) is 0 Å². The summed E-state index contributed by atoms with van der Waals surface area (Å²) in [6.45, 7) is 2.43. The molecule has 0 bridgehead atoms. The summed E-state index contributed by atoms with van der Waals surface area (Å²) in [5.41, 5.74) is 19.0. The van der Waals surface area contributed by atoms with Crippen LogP contribution in [0.3, 0.4) is 0 Å². The van der Waals surface area contributed by atoms with Crippen molar-refractivity contribution in [3.05, 3.63) is 294 Å². The number of benzene rings is 11. The Morgan fingerprint density at radius 1 is 0.303 bits per heavy atom. The van der Waals surface area contributed by atoms with Crippen LogP contribution in [0.4, 0.5) is 17.1 Å². The largest absolute Gasteiger partial charge is 0.310 e. The Balaban J connectivity index is 1.09. The quantitative estimate of drug-likeness (QED) is 0.145. The Bertz CT molecular complexity index is 3610. The molecule has 1 atom stereocenters. The molecule has 0 aliphatic heterocycles. The third-order valence-electron chi connectivity index (χ3n) is 14.8. The summed E-state index contributed by atoms with van der Waals surface area (Å²) in [5, 5.41) is 4.98. The molecule has 310 valence electrons. The van der Waals surface area contributed by atoms with Crippen LogP contribution in [-0.4, -0.2) is 0 Å². The van der Waals surface area contributed by atoms with Gasteiger partial charge < -0.3 is 4.90 Å². The lowest BCUT2D eigenvalue weighted by Gasteiger charge is -2.35. The lowest BCUT2D eigenvalue weighted by atomic mass is 9.67. The minimum atomic E-state index is -0.530. The SMILES string of the molecule is CC1(c2ccccc2)c2cc(N(c3ccc4c(c3)C(c3ccccc3)(c3ccccc3)c3ccccc3-4)c3ccc4c(ccc5ccccc54)c3)ccc2-c2c(-c3ccccc3)cccc21. The Morgan fingerprint density at radius 2 is 0.803 bits per heavy atom. The van der Waals surface area contributed by atoms with Gasteiger partial charge in [-0.05, 0) is 137 Å². The molecule has 2 aliphatic rings. The van der Waals surface area contributed by atoms with Gasteiger partial charge >= 0.3 is 0 Å². The molecular weight excluding hydrogens is 795 g/mol. The first-order valence-corrected chi connectivity index (χ1v) is 23.1. The summed E-state index contributed by atoms with van der Waals surface area (Å²) < 4.78 is 0. The van der Waals surface area contributed by atoms with Crippen molar-refractivity contribution in [3.63, 3.8) is 0 Å². The van der Waals surface area contributed by atoms with E-state index in [1.165, 1.54) is 93.9 Å². The fourth-order valence-corrected chi connectivity index (χ4v) is 11.8. The van der Waals surface area contributed by atoms with Crippen molar-refractivity contribution in [1.82, 2.24) is 0 Å². The van der Waals surface area contributed by atoms with Gasteiger partial charge in [0, 0.05) is 22.5 Å². The third kappa shape index (κ3) is 5.53. The maximum Gasteiger partial charge on any atom is 0.0714 e. The van der Waals surface area contributed by atoms with Gasteiger partial charge in [-0.3, -0.25) is 0 Å². The normalized spacial score (nSPS) is 15.2. The average molecular weight is 840 g/mol. The van der Waals surface area contributed by atoms with Crippen molar-refractivity contribution in [2.24, 2.45) is 0 Å². The van der Waals surface area contributed by atoms with Gasteiger partial charge in [-0.2, -0.15) is 0 Å². The standard InChI is InChI=1S/C65H45N/c1-64(47-22-8-3-9-23-47)60-32-18-30-55(44-19-6-2-7-20-44)63(60)58-40-37-51(42-61(58)64)66(50-35-38-54-46(41-50)34-33-45-21-14-15-28-53(45)54)52-36-39-57-56-29-16-17-31-59(56)65(62(57)43-52,48-24-10-4-11-25-48)49-26-12-5-13-27-49/h2-43H,1H3. The van der Waals surface area contributed by atoms with Crippen molar-refractivity contribution in [3.8, 4) is 33.4 Å². The van der Waals surface area contributed by atoms with Crippen LogP contribution in [0.1, 0.15) is 45.9 Å². The maximum atomic E-state index is 2.51. The number of anilines is 3. The molecule has 0 radical (unpaired) electrons. The monoisotopic (exact) mass is 839 g/mol. The Hall–Kier alpha value is -8.26. The predicted octanol–water partition coefficient (Wildman–Crippen LogP) is 16.8. The fraction of sp³-hybridized carbons (Fsp3) is 0.0462. The van der Waals surface area contributed by atoms with Gasteiger partial charge in [0.1, 0.15) is 0 Å². The van der Waals surface area contributed by atoms with Gasteiger partial charge in [0.15, 0.2) is 0 Å². The molecule has 1 heteroatoms. The highest BCUT2D eigenvalue weighted by atomic mass is 15.1. The lowest BCUT2D eigenvalue weighted by Crippen LogP contribution is -2.28. The highest BCUT2D eigenvalue weighted by Gasteiger charge is 2.47. The molecule has 0 heterocycles. The second-order valence-corrected chi connectivity index (χ2v) is 18.1. The molecule has 0 N–H and O–H groups in total. The summed E-state index contributed by atoms with van der Waals surface area (Å²) in [6, 6.07) is 94.9. The zero-order chi connectivity index (χ0) is 43.8. The van der Waals surface area contributed by atoms with Crippen molar-refractivity contribution in [2.75, 3.05) is 4.90 Å². The number of fused-ring (bicyclic) bond motifs is 9. The van der Waals surface area contributed by atoms with E-state index in [1.54, 1.807) is 0 Å². The topological polar surface area (TPSA) is 3.24 Å². The van der Waals surface area contributed by atoms with Crippen LogP contribution in [0.2, 0.25) is 0 Å². The molecule has 0 spiro atoms. The predicted molar refractivity (Wildman–Crippen MR) is 276 cm³/mol. The molecule has 66 heavy (non-hydrogen) atoms. The van der Waals surface area contributed by atoms with Gasteiger partial charge in [0.05, 0.1) is 5.41 Å². The van der Waals surface area contributed by atoms with Gasteiger partial charge in [0.2, 0.25) is 0 Å². The highest BCUT2D eigenvalue weighted by molar-refractivity contribution is 6.09. The molecule has 11 aromatic rings. The zero-order valence-electron chi connectivity index (χ0n) is 36.7. The average Bonchev–Trinajstić information content (AvgIpc) is 3.84. The minimum Gasteiger partial charge on any atom is -0.310 e. The summed E-state index contributed by atoms with van der Waals surface area (Å²) >= 11 is 0. The molecule has 0 aromatic heterocycles. The second-order valence-electron chi connectivity index (χ2n) is 18.1. The van der Waals surface area contributed by atoms with Gasteiger partial charge in [-0.1, -0.05) is 218 Å². The first kappa shape index (κ1) is 38.2. The lowest BCUT2D eigenvalue weighted by molar-refractivity contribution is 0.714. The van der Waals surface area contributed by atoms with E-state index >= 15 is 0 Å². The summed E-state index contributed by atoms with van der Waals surface area (Å²) in [4.78, 5) is 2.51. The summed E-state index contributed by atoms with van der Waals surface area (Å²) in [7, 11) is 0. The van der Waals surface area contributed by atoms with Gasteiger partial charge in [-0.25, -0.2) is 0 Å². The number of nitrogens with zero attached hydrogens (tertiary/aromatic N) is 1. The summed E-state index contributed by atoms with van der Waals surface area (Å²) in [5.74, 6) is 0.